The Morgan fingerprint density at radius 3 is 2.72 bits per heavy atom. The smallest absolute Gasteiger partial charge is 0.243 e. The molecular formula is C19H22N2O3S. The van der Waals surface area contributed by atoms with Crippen molar-refractivity contribution in [1.29, 1.82) is 0 Å². The van der Waals surface area contributed by atoms with Crippen LogP contribution >= 0.6 is 0 Å². The van der Waals surface area contributed by atoms with Gasteiger partial charge >= 0.3 is 0 Å². The fraction of sp³-hybridized carbons (Fsp3) is 0.421. The van der Waals surface area contributed by atoms with Crippen LogP contribution in [0.2, 0.25) is 0 Å². The first-order chi connectivity index (χ1) is 12.1. The summed E-state index contributed by atoms with van der Waals surface area (Å²) in [5.74, 6) is 0.608. The van der Waals surface area contributed by atoms with E-state index < -0.39 is 10.0 Å². The van der Waals surface area contributed by atoms with Crippen LogP contribution in [0.15, 0.2) is 35.2 Å². The number of aryl methyl sites for hydroxylation is 2. The van der Waals surface area contributed by atoms with Crippen molar-refractivity contribution in [1.82, 2.24) is 9.29 Å². The second-order valence-electron chi connectivity index (χ2n) is 6.56. The van der Waals surface area contributed by atoms with Gasteiger partial charge in [-0.3, -0.25) is 0 Å². The molecule has 0 atom stereocenters. The van der Waals surface area contributed by atoms with Gasteiger partial charge in [0.1, 0.15) is 0 Å². The number of rotatable bonds is 4. The van der Waals surface area contributed by atoms with Crippen LogP contribution < -0.4 is 4.74 Å². The Labute approximate surface area is 148 Å². The normalized spacial score (nSPS) is 17.2. The molecule has 0 amide bonds. The van der Waals surface area contributed by atoms with Gasteiger partial charge in [-0.1, -0.05) is 12.1 Å². The van der Waals surface area contributed by atoms with E-state index in [1.165, 1.54) is 11.1 Å². The molecule has 25 heavy (non-hydrogen) atoms. The third-order valence-electron chi connectivity index (χ3n) is 4.99. The monoisotopic (exact) mass is 358 g/mol. The zero-order chi connectivity index (χ0) is 17.4. The van der Waals surface area contributed by atoms with Crippen LogP contribution in [0.1, 0.15) is 35.7 Å². The molecule has 0 N–H and O–H groups in total. The van der Waals surface area contributed by atoms with Crippen molar-refractivity contribution in [2.24, 2.45) is 0 Å². The SMILES string of the molecule is CCOc1ccc2c(n1)CCN(S(=O)(=O)c1ccc3c(c1)CCC3)C2. The predicted octanol–water partition coefficient (Wildman–Crippen LogP) is 2.72. The summed E-state index contributed by atoms with van der Waals surface area (Å²) in [5.41, 5.74) is 4.36. The Balaban J connectivity index is 1.60. The number of nitrogens with zero attached hydrogens (tertiary/aromatic N) is 2. The molecule has 2 aliphatic rings. The van der Waals surface area contributed by atoms with Gasteiger partial charge in [0.15, 0.2) is 0 Å². The number of sulfonamides is 1. The maximum Gasteiger partial charge on any atom is 0.243 e. The lowest BCUT2D eigenvalue weighted by Crippen LogP contribution is -2.36. The Morgan fingerprint density at radius 1 is 1.08 bits per heavy atom. The summed E-state index contributed by atoms with van der Waals surface area (Å²) in [6.45, 7) is 3.32. The third-order valence-corrected chi connectivity index (χ3v) is 6.83. The van der Waals surface area contributed by atoms with E-state index in [0.717, 1.165) is 30.5 Å². The van der Waals surface area contributed by atoms with Gasteiger partial charge in [0.05, 0.1) is 17.2 Å². The zero-order valence-corrected chi connectivity index (χ0v) is 15.2. The molecule has 0 fully saturated rings. The van der Waals surface area contributed by atoms with E-state index in [2.05, 4.69) is 4.98 Å². The largest absolute Gasteiger partial charge is 0.478 e. The molecule has 0 saturated carbocycles. The molecular weight excluding hydrogens is 336 g/mol. The molecule has 0 spiro atoms. The molecule has 1 aliphatic heterocycles. The third kappa shape index (κ3) is 3.04. The van der Waals surface area contributed by atoms with Crippen molar-refractivity contribution < 1.29 is 13.2 Å². The zero-order valence-electron chi connectivity index (χ0n) is 14.4. The van der Waals surface area contributed by atoms with Crippen molar-refractivity contribution in [2.75, 3.05) is 13.2 Å². The molecule has 5 nitrogen and oxygen atoms in total. The second-order valence-corrected chi connectivity index (χ2v) is 8.50. The highest BCUT2D eigenvalue weighted by molar-refractivity contribution is 7.89. The number of aromatic nitrogens is 1. The van der Waals surface area contributed by atoms with E-state index in [9.17, 15) is 8.42 Å². The van der Waals surface area contributed by atoms with E-state index in [1.54, 1.807) is 10.4 Å². The van der Waals surface area contributed by atoms with Crippen LogP contribution in [0, 0.1) is 0 Å². The molecule has 2 aromatic rings. The van der Waals surface area contributed by atoms with Crippen molar-refractivity contribution in [3.05, 3.63) is 52.7 Å². The molecule has 0 unspecified atom stereocenters. The van der Waals surface area contributed by atoms with Crippen LogP contribution in [-0.4, -0.2) is 30.9 Å². The number of hydrogen-bond acceptors (Lipinski definition) is 4. The van der Waals surface area contributed by atoms with Gasteiger partial charge in [0.2, 0.25) is 15.9 Å². The van der Waals surface area contributed by atoms with Gasteiger partial charge < -0.3 is 4.74 Å². The molecule has 1 aromatic carbocycles. The van der Waals surface area contributed by atoms with Crippen molar-refractivity contribution in [2.45, 2.75) is 44.0 Å². The van der Waals surface area contributed by atoms with Gasteiger partial charge in [0, 0.05) is 25.6 Å². The molecule has 132 valence electrons. The first kappa shape index (κ1) is 16.5. The van der Waals surface area contributed by atoms with Gasteiger partial charge in [0.25, 0.3) is 0 Å². The van der Waals surface area contributed by atoms with Crippen molar-refractivity contribution in [3.8, 4) is 5.88 Å². The lowest BCUT2D eigenvalue weighted by atomic mass is 10.1. The Hall–Kier alpha value is -1.92. The van der Waals surface area contributed by atoms with Crippen LogP contribution in [0.4, 0.5) is 0 Å². The maximum atomic E-state index is 13.0. The summed E-state index contributed by atoms with van der Waals surface area (Å²) in [6, 6.07) is 9.34. The standard InChI is InChI=1S/C19H22N2O3S/c1-2-24-19-9-7-16-13-21(11-10-18(16)20-19)25(22,23)17-8-6-14-4-3-5-15(14)12-17/h6-9,12H,2-5,10-11,13H2,1H3. The molecule has 1 aliphatic carbocycles. The lowest BCUT2D eigenvalue weighted by Gasteiger charge is -2.28. The van der Waals surface area contributed by atoms with E-state index >= 15 is 0 Å². The minimum Gasteiger partial charge on any atom is -0.478 e. The minimum atomic E-state index is -3.47. The first-order valence-electron chi connectivity index (χ1n) is 8.81. The van der Waals surface area contributed by atoms with Gasteiger partial charge in [-0.05, 0) is 55.0 Å². The number of hydrogen-bond donors (Lipinski definition) is 0. The van der Waals surface area contributed by atoms with E-state index in [0.29, 0.717) is 36.9 Å². The summed E-state index contributed by atoms with van der Waals surface area (Å²) in [5, 5.41) is 0. The fourth-order valence-corrected chi connectivity index (χ4v) is 5.13. The molecule has 1 aromatic heterocycles. The first-order valence-corrected chi connectivity index (χ1v) is 10.3. The summed E-state index contributed by atoms with van der Waals surface area (Å²) in [6.07, 6.45) is 3.76. The highest BCUT2D eigenvalue weighted by Gasteiger charge is 2.30. The van der Waals surface area contributed by atoms with Gasteiger partial charge in [-0.25, -0.2) is 13.4 Å². The molecule has 0 radical (unpaired) electrons. The van der Waals surface area contributed by atoms with E-state index in [-0.39, 0.29) is 0 Å². The Bertz CT molecular complexity index is 909. The van der Waals surface area contributed by atoms with Crippen LogP contribution in [0.5, 0.6) is 5.88 Å². The van der Waals surface area contributed by atoms with Crippen LogP contribution in [-0.2, 0) is 35.8 Å². The molecule has 2 heterocycles. The Kier molecular flexibility index (Phi) is 4.25. The van der Waals surface area contributed by atoms with Crippen LogP contribution in [0.25, 0.3) is 0 Å². The van der Waals surface area contributed by atoms with Crippen molar-refractivity contribution in [3.63, 3.8) is 0 Å². The van der Waals surface area contributed by atoms with Gasteiger partial charge in [-0.2, -0.15) is 4.31 Å². The quantitative estimate of drug-likeness (QED) is 0.843. The average molecular weight is 358 g/mol. The lowest BCUT2D eigenvalue weighted by molar-refractivity contribution is 0.322. The number of ether oxygens (including phenoxy) is 1. The fourth-order valence-electron chi connectivity index (χ4n) is 3.66. The molecule has 4 rings (SSSR count). The van der Waals surface area contributed by atoms with Crippen molar-refractivity contribution >= 4 is 10.0 Å². The molecule has 6 heteroatoms. The van der Waals surface area contributed by atoms with E-state index in [1.807, 2.05) is 31.2 Å². The average Bonchev–Trinajstić information content (AvgIpc) is 3.09. The minimum absolute atomic E-state index is 0.369. The van der Waals surface area contributed by atoms with Gasteiger partial charge in [-0.15, -0.1) is 0 Å². The molecule has 0 bridgehead atoms. The number of pyridine rings is 1. The second kappa shape index (κ2) is 6.42. The number of fused-ring (bicyclic) bond motifs is 2. The highest BCUT2D eigenvalue weighted by atomic mass is 32.2. The molecule has 0 saturated heterocycles. The predicted molar refractivity (Wildman–Crippen MR) is 95.2 cm³/mol. The summed E-state index contributed by atoms with van der Waals surface area (Å²) < 4.78 is 33.1. The maximum absolute atomic E-state index is 13.0. The summed E-state index contributed by atoms with van der Waals surface area (Å²) >= 11 is 0. The Morgan fingerprint density at radius 2 is 1.88 bits per heavy atom. The number of benzene rings is 1. The van der Waals surface area contributed by atoms with Crippen LogP contribution in [0.3, 0.4) is 0 Å². The summed E-state index contributed by atoms with van der Waals surface area (Å²) in [4.78, 5) is 4.91. The highest BCUT2D eigenvalue weighted by Crippen LogP contribution is 2.29. The summed E-state index contributed by atoms with van der Waals surface area (Å²) in [7, 11) is -3.47. The topological polar surface area (TPSA) is 59.5 Å². The van der Waals surface area contributed by atoms with E-state index in [4.69, 9.17) is 4.74 Å².